The molecule has 0 unspecified atom stereocenters. The summed E-state index contributed by atoms with van der Waals surface area (Å²) in [5.74, 6) is 1.35. The zero-order valence-corrected chi connectivity index (χ0v) is 13.6. The predicted molar refractivity (Wildman–Crippen MR) is 101 cm³/mol. The van der Waals surface area contributed by atoms with Crippen LogP contribution in [-0.4, -0.2) is 26.9 Å². The molecule has 0 saturated heterocycles. The number of hydrogen-bond acceptors (Lipinski definition) is 3. The van der Waals surface area contributed by atoms with Crippen LogP contribution in [-0.2, 0) is 6.42 Å². The van der Waals surface area contributed by atoms with Crippen LogP contribution in [0.3, 0.4) is 0 Å². The molecule has 3 aromatic rings. The summed E-state index contributed by atoms with van der Waals surface area (Å²) in [4.78, 5) is 12.1. The Labute approximate surface area is 140 Å². The Morgan fingerprint density at radius 2 is 2.17 bits per heavy atom. The molecule has 0 radical (unpaired) electrons. The van der Waals surface area contributed by atoms with E-state index >= 15 is 0 Å². The van der Waals surface area contributed by atoms with Gasteiger partial charge >= 0.3 is 0 Å². The van der Waals surface area contributed by atoms with E-state index in [-0.39, 0.29) is 0 Å². The van der Waals surface area contributed by atoms with Crippen molar-refractivity contribution in [3.05, 3.63) is 60.7 Å². The lowest BCUT2D eigenvalue weighted by Crippen LogP contribution is -1.87. The number of aromatic nitrogens is 4. The van der Waals surface area contributed by atoms with E-state index in [9.17, 15) is 0 Å². The maximum absolute atomic E-state index is 4.78. The van der Waals surface area contributed by atoms with Crippen molar-refractivity contribution in [2.24, 2.45) is 4.99 Å². The molecular formula is C19H19N5. The summed E-state index contributed by atoms with van der Waals surface area (Å²) in [6, 6.07) is 6.01. The summed E-state index contributed by atoms with van der Waals surface area (Å²) in [5.41, 5.74) is 5.65. The topological polar surface area (TPSA) is 69.7 Å². The third-order valence-corrected chi connectivity index (χ3v) is 3.93. The second-order valence-corrected chi connectivity index (χ2v) is 5.26. The van der Waals surface area contributed by atoms with Crippen molar-refractivity contribution >= 4 is 29.1 Å². The Bertz CT molecular complexity index is 955. The third-order valence-electron chi connectivity index (χ3n) is 3.93. The highest BCUT2D eigenvalue weighted by Gasteiger charge is 2.17. The Kier molecular flexibility index (Phi) is 4.24. The maximum Gasteiger partial charge on any atom is 0.176 e. The number of benzene rings is 1. The number of fused-ring (bicyclic) bond motifs is 1. The van der Waals surface area contributed by atoms with Gasteiger partial charge in [-0.2, -0.15) is 5.10 Å². The van der Waals surface area contributed by atoms with Crippen LogP contribution >= 0.6 is 0 Å². The van der Waals surface area contributed by atoms with E-state index in [4.69, 9.17) is 4.98 Å². The summed E-state index contributed by atoms with van der Waals surface area (Å²) in [6.07, 6.45) is 6.26. The highest BCUT2D eigenvalue weighted by atomic mass is 15.2. The van der Waals surface area contributed by atoms with E-state index in [1.807, 2.05) is 24.3 Å². The molecule has 0 aliphatic rings. The molecule has 5 nitrogen and oxygen atoms in total. The lowest BCUT2D eigenvalue weighted by atomic mass is 10.0. The average molecular weight is 317 g/mol. The van der Waals surface area contributed by atoms with Gasteiger partial charge in [-0.05, 0) is 24.8 Å². The van der Waals surface area contributed by atoms with Gasteiger partial charge < -0.3 is 4.98 Å². The molecule has 0 aliphatic carbocycles. The minimum Gasteiger partial charge on any atom is -0.337 e. The number of nitrogens with zero attached hydrogens (tertiary/aromatic N) is 3. The van der Waals surface area contributed by atoms with Gasteiger partial charge in [0.05, 0.1) is 11.0 Å². The van der Waals surface area contributed by atoms with Gasteiger partial charge in [0.2, 0.25) is 0 Å². The molecule has 0 fully saturated rings. The highest BCUT2D eigenvalue weighted by molar-refractivity contribution is 5.93. The molecule has 2 aromatic heterocycles. The van der Waals surface area contributed by atoms with E-state index in [0.29, 0.717) is 5.82 Å². The van der Waals surface area contributed by atoms with Crippen molar-refractivity contribution in [3.63, 3.8) is 0 Å². The zero-order chi connectivity index (χ0) is 17.1. The molecule has 120 valence electrons. The lowest BCUT2D eigenvalue weighted by molar-refractivity contribution is 1.08. The summed E-state index contributed by atoms with van der Waals surface area (Å²) < 4.78 is 0. The van der Waals surface area contributed by atoms with Crippen molar-refractivity contribution in [3.8, 4) is 11.5 Å². The minimum absolute atomic E-state index is 0.617. The van der Waals surface area contributed by atoms with Crippen LogP contribution < -0.4 is 0 Å². The zero-order valence-electron chi connectivity index (χ0n) is 13.6. The molecule has 0 atom stereocenters. The van der Waals surface area contributed by atoms with E-state index < -0.39 is 0 Å². The molecule has 0 aliphatic heterocycles. The highest BCUT2D eigenvalue weighted by Crippen LogP contribution is 2.31. The van der Waals surface area contributed by atoms with Crippen LogP contribution in [0.1, 0.15) is 18.1 Å². The summed E-state index contributed by atoms with van der Waals surface area (Å²) in [6.45, 7) is 13.3. The van der Waals surface area contributed by atoms with Gasteiger partial charge in [0, 0.05) is 11.1 Å². The monoisotopic (exact) mass is 317 g/mol. The van der Waals surface area contributed by atoms with Crippen LogP contribution in [0.25, 0.3) is 28.1 Å². The number of aliphatic imine (C=N–C) groups is 1. The Hall–Kier alpha value is -3.21. The summed E-state index contributed by atoms with van der Waals surface area (Å²) in [5, 5.41) is 7.21. The first-order valence-corrected chi connectivity index (χ1v) is 7.72. The van der Waals surface area contributed by atoms with Gasteiger partial charge in [-0.1, -0.05) is 50.4 Å². The van der Waals surface area contributed by atoms with Crippen molar-refractivity contribution in [1.82, 2.24) is 20.2 Å². The second-order valence-electron chi connectivity index (χ2n) is 5.26. The number of nitrogens with one attached hydrogen (secondary N) is 2. The van der Waals surface area contributed by atoms with Crippen LogP contribution in [0.2, 0.25) is 0 Å². The second kappa shape index (κ2) is 6.50. The number of H-pyrrole nitrogens is 2. The molecule has 1 aromatic carbocycles. The molecule has 0 amide bonds. The number of aromatic amines is 2. The third kappa shape index (κ3) is 2.50. The molecule has 5 heteroatoms. The number of para-hydroxylation sites is 1. The summed E-state index contributed by atoms with van der Waals surface area (Å²) >= 11 is 0. The van der Waals surface area contributed by atoms with Crippen LogP contribution in [0.15, 0.2) is 54.6 Å². The quantitative estimate of drug-likeness (QED) is 0.515. The molecule has 2 heterocycles. The predicted octanol–water partition coefficient (Wildman–Crippen LogP) is 4.60. The maximum atomic E-state index is 4.78. The van der Waals surface area contributed by atoms with Crippen molar-refractivity contribution < 1.29 is 0 Å². The molecular weight excluding hydrogens is 298 g/mol. The van der Waals surface area contributed by atoms with Crippen molar-refractivity contribution in [2.45, 2.75) is 13.3 Å². The SMILES string of the molecule is C=C/C=C(\C=C)c1cccc2[nH]c(-c3[nH]nc(N=C)c3CC)nc12. The lowest BCUT2D eigenvalue weighted by Gasteiger charge is -2.02. The number of rotatable bonds is 6. The van der Waals surface area contributed by atoms with E-state index in [2.05, 4.69) is 47.0 Å². The van der Waals surface area contributed by atoms with Crippen LogP contribution in [0.4, 0.5) is 5.82 Å². The van der Waals surface area contributed by atoms with Crippen molar-refractivity contribution in [1.29, 1.82) is 0 Å². The van der Waals surface area contributed by atoms with Gasteiger partial charge in [-0.15, -0.1) is 0 Å². The summed E-state index contributed by atoms with van der Waals surface area (Å²) in [7, 11) is 0. The number of hydrogen-bond donors (Lipinski definition) is 2. The first kappa shape index (κ1) is 15.7. The fraction of sp³-hybridized carbons (Fsp3) is 0.105. The van der Waals surface area contributed by atoms with Crippen molar-refractivity contribution in [2.75, 3.05) is 0 Å². The van der Waals surface area contributed by atoms with E-state index in [1.54, 1.807) is 12.2 Å². The van der Waals surface area contributed by atoms with Gasteiger partial charge in [0.1, 0.15) is 5.69 Å². The normalized spacial score (nSPS) is 11.6. The molecule has 0 bridgehead atoms. The largest absolute Gasteiger partial charge is 0.337 e. The Balaban J connectivity index is 2.21. The average Bonchev–Trinajstić information content (AvgIpc) is 3.22. The first-order chi connectivity index (χ1) is 11.7. The first-order valence-electron chi connectivity index (χ1n) is 7.72. The van der Waals surface area contributed by atoms with Gasteiger partial charge in [-0.25, -0.2) is 9.98 Å². The Morgan fingerprint density at radius 3 is 2.83 bits per heavy atom. The molecule has 2 N–H and O–H groups in total. The minimum atomic E-state index is 0.617. The van der Waals surface area contributed by atoms with Gasteiger partial charge in [-0.3, -0.25) is 5.10 Å². The van der Waals surface area contributed by atoms with Gasteiger partial charge in [0.25, 0.3) is 0 Å². The van der Waals surface area contributed by atoms with E-state index in [0.717, 1.165) is 45.7 Å². The molecule has 0 spiro atoms. The smallest absolute Gasteiger partial charge is 0.176 e. The fourth-order valence-electron chi connectivity index (χ4n) is 2.80. The number of allylic oxidation sites excluding steroid dienone is 4. The standard InChI is InChI=1S/C19H19N5/c1-5-9-12(6-2)14-10-8-11-15-16(14)22-19(21-15)17-13(7-3)18(20-4)24-23-17/h5-6,8-11H,1-2,4,7H2,3H3,(H,21,22)(H,23,24)/b12-9+. The van der Waals surface area contributed by atoms with Crippen LogP contribution in [0, 0.1) is 0 Å². The fourth-order valence-corrected chi connectivity index (χ4v) is 2.80. The molecule has 0 saturated carbocycles. The van der Waals surface area contributed by atoms with Crippen LogP contribution in [0.5, 0.6) is 0 Å². The van der Waals surface area contributed by atoms with E-state index in [1.165, 1.54) is 0 Å². The van der Waals surface area contributed by atoms with Gasteiger partial charge in [0.15, 0.2) is 11.6 Å². The molecule has 3 rings (SSSR count). The molecule has 24 heavy (non-hydrogen) atoms. The Morgan fingerprint density at radius 1 is 1.33 bits per heavy atom. The number of imidazole rings is 1.